The fourth-order valence-corrected chi connectivity index (χ4v) is 10.4. The Labute approximate surface area is 363 Å². The second-order valence-corrected chi connectivity index (χ2v) is 17.6. The minimum absolute atomic E-state index is 0.269. The van der Waals surface area contributed by atoms with Gasteiger partial charge in [0.05, 0.1) is 11.0 Å². The zero-order chi connectivity index (χ0) is 41.3. The fraction of sp³-hybridized carbons (Fsp3) is 0.119. The monoisotopic (exact) mass is 803 g/mol. The van der Waals surface area contributed by atoms with Crippen molar-refractivity contribution in [1.29, 1.82) is 0 Å². The third-order valence-electron chi connectivity index (χ3n) is 12.6. The lowest BCUT2D eigenvalue weighted by Crippen LogP contribution is -2.19. The maximum atomic E-state index is 2.45. The van der Waals surface area contributed by atoms with Gasteiger partial charge in [-0.15, -0.1) is 11.3 Å². The van der Waals surface area contributed by atoms with Crippen LogP contribution in [-0.4, -0.2) is 4.57 Å². The highest BCUT2D eigenvalue weighted by Crippen LogP contribution is 2.36. The quantitative estimate of drug-likeness (QED) is 0.130. The molecule has 0 fully saturated rings. The Bertz CT molecular complexity index is 3260. The van der Waals surface area contributed by atoms with Gasteiger partial charge in [0.2, 0.25) is 0 Å². The Morgan fingerprint density at radius 2 is 1.13 bits per heavy atom. The molecule has 2 heterocycles. The van der Waals surface area contributed by atoms with E-state index in [-0.39, 0.29) is 5.92 Å². The minimum atomic E-state index is 0.269. The highest BCUT2D eigenvalue weighted by molar-refractivity contribution is 7.17. The summed E-state index contributed by atoms with van der Waals surface area (Å²) in [6.07, 6.45) is 6.71. The Hall–Kier alpha value is -6.74. The Morgan fingerprint density at radius 1 is 0.525 bits per heavy atom. The van der Waals surface area contributed by atoms with Gasteiger partial charge in [0.25, 0.3) is 0 Å². The highest BCUT2D eigenvalue weighted by Gasteiger charge is 2.17. The average molecular weight is 804 g/mol. The molecule has 0 N–H and O–H groups in total. The van der Waals surface area contributed by atoms with Crippen LogP contribution in [0.5, 0.6) is 0 Å². The van der Waals surface area contributed by atoms with Crippen LogP contribution >= 0.6 is 11.3 Å². The standard InChI is InChI=1S/C59H49NS/c1-4-58-55(53-18-9-11-20-59(53)61-58)38-41(3)43-26-30-46(31-27-43)51(47-32-28-45(29-33-47)48-14-12-13-40(2)37-48)35-23-42-21-24-44(25-22-42)49-34-36-57-54(39-49)52-17-8-10-19-56(52)60(57)50-15-6-5-7-16-50/h4-22,24-34,36-39,41,51H,23,35H2,1-3H3/b55-38-,58-4+. The topological polar surface area (TPSA) is 4.93 Å². The summed E-state index contributed by atoms with van der Waals surface area (Å²) < 4.78 is 5.07. The van der Waals surface area contributed by atoms with Crippen molar-refractivity contribution < 1.29 is 0 Å². The Morgan fingerprint density at radius 3 is 1.87 bits per heavy atom. The number of hydrogen-bond acceptors (Lipinski definition) is 1. The van der Waals surface area contributed by atoms with Crippen molar-refractivity contribution in [3.05, 3.63) is 232 Å². The zero-order valence-corrected chi connectivity index (χ0v) is 35.9. The molecule has 10 rings (SSSR count). The van der Waals surface area contributed by atoms with Crippen LogP contribution in [0, 0.1) is 6.92 Å². The SMILES string of the molecule is C/C=c1/sc2ccccc2/c1=C/C(C)c1ccc(C(CCc2ccc(-c3ccc4c(c3)c3ccccc3n4-c3ccccc3)cc2)c2ccc(-c3cccc(C)c3)cc2)cc1. The maximum Gasteiger partial charge on any atom is 0.0541 e. The Kier molecular flexibility index (Phi) is 10.5. The summed E-state index contributed by atoms with van der Waals surface area (Å²) in [6, 6.07) is 72.0. The van der Waals surface area contributed by atoms with Crippen LogP contribution in [0.1, 0.15) is 59.9 Å². The predicted octanol–water partition coefficient (Wildman–Crippen LogP) is 14.8. The molecule has 0 saturated heterocycles. The van der Waals surface area contributed by atoms with Crippen LogP contribution in [0.2, 0.25) is 0 Å². The number of para-hydroxylation sites is 2. The lowest BCUT2D eigenvalue weighted by atomic mass is 9.84. The van der Waals surface area contributed by atoms with Gasteiger partial charge in [-0.1, -0.05) is 182 Å². The summed E-state index contributed by atoms with van der Waals surface area (Å²) >= 11 is 1.88. The van der Waals surface area contributed by atoms with Crippen LogP contribution in [0.3, 0.4) is 0 Å². The van der Waals surface area contributed by atoms with E-state index in [9.17, 15) is 0 Å². The number of rotatable bonds is 10. The summed E-state index contributed by atoms with van der Waals surface area (Å²) in [5.74, 6) is 0.561. The van der Waals surface area contributed by atoms with Gasteiger partial charge >= 0.3 is 0 Å². The van der Waals surface area contributed by atoms with E-state index in [1.807, 2.05) is 11.3 Å². The molecule has 2 atom stereocenters. The molecule has 0 aliphatic carbocycles. The number of thiophene rings is 1. The summed E-state index contributed by atoms with van der Waals surface area (Å²) in [4.78, 5) is 0. The van der Waals surface area contributed by atoms with E-state index in [1.165, 1.54) is 97.4 Å². The molecule has 0 spiro atoms. The van der Waals surface area contributed by atoms with E-state index in [0.717, 1.165) is 12.8 Å². The predicted molar refractivity (Wildman–Crippen MR) is 264 cm³/mol. The first-order valence-corrected chi connectivity index (χ1v) is 22.4. The van der Waals surface area contributed by atoms with Crippen molar-refractivity contribution in [2.75, 3.05) is 0 Å². The molecule has 296 valence electrons. The first kappa shape index (κ1) is 38.5. The molecule has 2 unspecified atom stereocenters. The molecule has 1 nitrogen and oxygen atoms in total. The fourth-order valence-electron chi connectivity index (χ4n) is 9.29. The molecule has 0 bridgehead atoms. The van der Waals surface area contributed by atoms with Crippen molar-refractivity contribution in [2.45, 2.75) is 45.4 Å². The average Bonchev–Trinajstić information content (AvgIpc) is 3.84. The number of aryl methyl sites for hydroxylation is 2. The molecule has 2 aromatic heterocycles. The molecule has 61 heavy (non-hydrogen) atoms. The van der Waals surface area contributed by atoms with Crippen LogP contribution in [0.25, 0.3) is 72.0 Å². The van der Waals surface area contributed by atoms with E-state index < -0.39 is 0 Å². The summed E-state index contributed by atoms with van der Waals surface area (Å²) in [6.45, 7) is 6.64. The summed E-state index contributed by atoms with van der Waals surface area (Å²) in [5.41, 5.74) is 15.4. The number of benzene rings is 8. The van der Waals surface area contributed by atoms with E-state index >= 15 is 0 Å². The molecule has 0 amide bonds. The van der Waals surface area contributed by atoms with Crippen molar-refractivity contribution in [2.24, 2.45) is 0 Å². The van der Waals surface area contributed by atoms with E-state index in [2.05, 4.69) is 232 Å². The van der Waals surface area contributed by atoms with Crippen molar-refractivity contribution in [1.82, 2.24) is 4.57 Å². The van der Waals surface area contributed by atoms with E-state index in [4.69, 9.17) is 0 Å². The van der Waals surface area contributed by atoms with Gasteiger partial charge in [0.1, 0.15) is 0 Å². The van der Waals surface area contributed by atoms with E-state index in [0.29, 0.717) is 5.92 Å². The van der Waals surface area contributed by atoms with Crippen molar-refractivity contribution in [3.63, 3.8) is 0 Å². The van der Waals surface area contributed by atoms with Crippen LogP contribution in [0.15, 0.2) is 194 Å². The second-order valence-electron chi connectivity index (χ2n) is 16.5. The zero-order valence-electron chi connectivity index (χ0n) is 35.1. The first-order chi connectivity index (χ1) is 30.0. The number of nitrogens with zero attached hydrogens (tertiary/aromatic N) is 1. The van der Waals surface area contributed by atoms with Gasteiger partial charge in [-0.05, 0) is 124 Å². The smallest absolute Gasteiger partial charge is 0.0541 e. The molecule has 0 radical (unpaired) electrons. The lowest BCUT2D eigenvalue weighted by molar-refractivity contribution is 0.715. The molecule has 0 saturated carbocycles. The van der Waals surface area contributed by atoms with Crippen molar-refractivity contribution >= 4 is 55.4 Å². The van der Waals surface area contributed by atoms with Crippen molar-refractivity contribution in [3.8, 4) is 27.9 Å². The molecule has 10 aromatic rings. The summed E-state index contributed by atoms with van der Waals surface area (Å²) in [5, 5.41) is 5.26. The third kappa shape index (κ3) is 7.65. The first-order valence-electron chi connectivity index (χ1n) is 21.6. The normalized spacial score (nSPS) is 13.4. The van der Waals surface area contributed by atoms with Crippen LogP contribution in [-0.2, 0) is 6.42 Å². The van der Waals surface area contributed by atoms with Gasteiger partial charge in [0, 0.05) is 31.6 Å². The minimum Gasteiger partial charge on any atom is -0.309 e. The molecular weight excluding hydrogens is 755 g/mol. The highest BCUT2D eigenvalue weighted by atomic mass is 32.1. The molecular formula is C59H49NS. The number of fused-ring (bicyclic) bond motifs is 4. The largest absolute Gasteiger partial charge is 0.309 e. The Balaban J connectivity index is 0.932. The molecule has 0 aliphatic rings. The van der Waals surface area contributed by atoms with Gasteiger partial charge in [-0.2, -0.15) is 0 Å². The van der Waals surface area contributed by atoms with Crippen LogP contribution in [0.4, 0.5) is 0 Å². The molecule has 2 heteroatoms. The summed E-state index contributed by atoms with van der Waals surface area (Å²) in [7, 11) is 0. The lowest BCUT2D eigenvalue weighted by Gasteiger charge is -2.20. The van der Waals surface area contributed by atoms with Gasteiger partial charge < -0.3 is 4.57 Å². The van der Waals surface area contributed by atoms with Gasteiger partial charge in [-0.25, -0.2) is 0 Å². The molecule has 0 aliphatic heterocycles. The molecule has 8 aromatic carbocycles. The number of aromatic nitrogens is 1. The maximum absolute atomic E-state index is 2.45. The van der Waals surface area contributed by atoms with Crippen LogP contribution < -0.4 is 9.75 Å². The van der Waals surface area contributed by atoms with Gasteiger partial charge in [0.15, 0.2) is 0 Å². The van der Waals surface area contributed by atoms with E-state index in [1.54, 1.807) is 0 Å². The number of hydrogen-bond donors (Lipinski definition) is 0. The second kappa shape index (κ2) is 16.7. The van der Waals surface area contributed by atoms with Gasteiger partial charge in [-0.3, -0.25) is 0 Å². The third-order valence-corrected chi connectivity index (χ3v) is 13.8.